The van der Waals surface area contributed by atoms with Gasteiger partial charge in [-0.05, 0) is 48.6 Å². The van der Waals surface area contributed by atoms with Crippen molar-refractivity contribution >= 4 is 46.5 Å². The Morgan fingerprint density at radius 2 is 1.81 bits per heavy atom. The van der Waals surface area contributed by atoms with Gasteiger partial charge in [0.1, 0.15) is 5.75 Å². The van der Waals surface area contributed by atoms with Crippen molar-refractivity contribution in [3.63, 3.8) is 0 Å². The molecule has 0 aliphatic carbocycles. The molecule has 0 saturated carbocycles. The van der Waals surface area contributed by atoms with Crippen LogP contribution in [0.2, 0.25) is 5.02 Å². The highest BCUT2D eigenvalue weighted by Crippen LogP contribution is 2.22. The number of nitrogens with one attached hydrogen (secondary N) is 4. The number of rotatable bonds is 3. The fraction of sp³-hybridized carbons (Fsp3) is 0.0588. The maximum absolute atomic E-state index is 12.3. The second-order valence-corrected chi connectivity index (χ2v) is 6.27. The lowest BCUT2D eigenvalue weighted by molar-refractivity contribution is 0.0845. The number of aromatic amines is 2. The molecule has 0 saturated heterocycles. The number of carbonyl (C=O) groups excluding carboxylic acids is 2. The molecule has 1 aromatic heterocycles. The van der Waals surface area contributed by atoms with Gasteiger partial charge in [0.25, 0.3) is 17.4 Å². The first-order chi connectivity index (χ1) is 12.9. The maximum atomic E-state index is 12.3. The van der Waals surface area contributed by atoms with E-state index in [2.05, 4.69) is 20.8 Å². The number of aromatic nitrogens is 2. The summed E-state index contributed by atoms with van der Waals surface area (Å²) < 4.78 is 5.25. The predicted molar refractivity (Wildman–Crippen MR) is 103 cm³/mol. The van der Waals surface area contributed by atoms with Crippen molar-refractivity contribution in [2.24, 2.45) is 0 Å². The SMILES string of the molecule is COc1cc(Cl)ccc1C(=O)NNC(=O)c1ccc2c(=O)[nH]c(=S)[nH]c2c1. The molecule has 0 atom stereocenters. The Labute approximate surface area is 162 Å². The summed E-state index contributed by atoms with van der Waals surface area (Å²) >= 11 is 10.8. The van der Waals surface area contributed by atoms with Crippen LogP contribution in [0.25, 0.3) is 10.9 Å². The van der Waals surface area contributed by atoms with E-state index in [1.54, 1.807) is 0 Å². The Morgan fingerprint density at radius 1 is 1.07 bits per heavy atom. The summed E-state index contributed by atoms with van der Waals surface area (Å²) in [5.41, 5.74) is 5.08. The molecule has 0 unspecified atom stereocenters. The zero-order valence-electron chi connectivity index (χ0n) is 13.9. The zero-order chi connectivity index (χ0) is 19.6. The third-order valence-electron chi connectivity index (χ3n) is 3.70. The number of fused-ring (bicyclic) bond motifs is 1. The summed E-state index contributed by atoms with van der Waals surface area (Å²) in [6.07, 6.45) is 0. The monoisotopic (exact) mass is 404 g/mol. The molecule has 3 rings (SSSR count). The van der Waals surface area contributed by atoms with Gasteiger partial charge in [-0.3, -0.25) is 30.2 Å². The van der Waals surface area contributed by atoms with Gasteiger partial charge < -0.3 is 9.72 Å². The minimum absolute atomic E-state index is 0.146. The van der Waals surface area contributed by atoms with Crippen LogP contribution in [-0.2, 0) is 0 Å². The number of amides is 2. The molecular weight excluding hydrogens is 392 g/mol. The van der Waals surface area contributed by atoms with E-state index in [1.807, 2.05) is 0 Å². The Bertz CT molecular complexity index is 1170. The van der Waals surface area contributed by atoms with E-state index in [4.69, 9.17) is 28.6 Å². The van der Waals surface area contributed by atoms with E-state index in [9.17, 15) is 14.4 Å². The molecule has 0 spiro atoms. The van der Waals surface area contributed by atoms with E-state index in [-0.39, 0.29) is 27.2 Å². The second-order valence-electron chi connectivity index (χ2n) is 5.42. The van der Waals surface area contributed by atoms with Crippen molar-refractivity contribution in [1.29, 1.82) is 0 Å². The number of benzene rings is 2. The highest BCUT2D eigenvalue weighted by molar-refractivity contribution is 7.71. The van der Waals surface area contributed by atoms with Gasteiger partial charge in [0.05, 0.1) is 23.6 Å². The average molecular weight is 405 g/mol. The van der Waals surface area contributed by atoms with Crippen LogP contribution in [0.3, 0.4) is 0 Å². The second kappa shape index (κ2) is 7.60. The number of halogens is 1. The van der Waals surface area contributed by atoms with E-state index in [0.29, 0.717) is 15.9 Å². The van der Waals surface area contributed by atoms with Crippen molar-refractivity contribution in [2.75, 3.05) is 7.11 Å². The first kappa shape index (κ1) is 18.6. The molecule has 138 valence electrons. The van der Waals surface area contributed by atoms with Crippen LogP contribution in [0.5, 0.6) is 5.75 Å². The fourth-order valence-electron chi connectivity index (χ4n) is 2.42. The van der Waals surface area contributed by atoms with Gasteiger partial charge in [0.15, 0.2) is 4.77 Å². The average Bonchev–Trinajstić information content (AvgIpc) is 2.64. The molecule has 27 heavy (non-hydrogen) atoms. The molecule has 1 heterocycles. The predicted octanol–water partition coefficient (Wildman–Crippen LogP) is 2.32. The Kier molecular flexibility index (Phi) is 5.24. The fourth-order valence-corrected chi connectivity index (χ4v) is 2.78. The van der Waals surface area contributed by atoms with Crippen LogP contribution < -0.4 is 21.1 Å². The van der Waals surface area contributed by atoms with Crippen LogP contribution in [0.4, 0.5) is 0 Å². The van der Waals surface area contributed by atoms with Crippen LogP contribution in [0.15, 0.2) is 41.2 Å². The number of carbonyl (C=O) groups is 2. The number of methoxy groups -OCH3 is 1. The highest BCUT2D eigenvalue weighted by atomic mass is 35.5. The lowest BCUT2D eigenvalue weighted by atomic mass is 10.1. The van der Waals surface area contributed by atoms with Crippen LogP contribution in [0.1, 0.15) is 20.7 Å². The van der Waals surface area contributed by atoms with E-state index < -0.39 is 11.8 Å². The first-order valence-electron chi connectivity index (χ1n) is 7.59. The van der Waals surface area contributed by atoms with Crippen LogP contribution in [-0.4, -0.2) is 28.9 Å². The van der Waals surface area contributed by atoms with Crippen molar-refractivity contribution in [3.05, 3.63) is 67.7 Å². The van der Waals surface area contributed by atoms with Gasteiger partial charge in [-0.1, -0.05) is 11.6 Å². The van der Waals surface area contributed by atoms with Crippen molar-refractivity contribution in [2.45, 2.75) is 0 Å². The largest absolute Gasteiger partial charge is 0.496 e. The minimum Gasteiger partial charge on any atom is -0.496 e. The van der Waals surface area contributed by atoms with Gasteiger partial charge in [0.2, 0.25) is 0 Å². The summed E-state index contributed by atoms with van der Waals surface area (Å²) in [5.74, 6) is -0.877. The van der Waals surface area contributed by atoms with Crippen LogP contribution in [0, 0.1) is 4.77 Å². The van der Waals surface area contributed by atoms with E-state index in [1.165, 1.54) is 43.5 Å². The van der Waals surface area contributed by atoms with E-state index >= 15 is 0 Å². The topological polar surface area (TPSA) is 116 Å². The van der Waals surface area contributed by atoms with Crippen molar-refractivity contribution in [3.8, 4) is 5.75 Å². The molecule has 10 heteroatoms. The number of hydrazine groups is 1. The third-order valence-corrected chi connectivity index (χ3v) is 4.14. The van der Waals surface area contributed by atoms with Gasteiger partial charge in [-0.25, -0.2) is 0 Å². The molecule has 0 bridgehead atoms. The first-order valence-corrected chi connectivity index (χ1v) is 8.38. The van der Waals surface area contributed by atoms with Gasteiger partial charge >= 0.3 is 0 Å². The Morgan fingerprint density at radius 3 is 2.56 bits per heavy atom. The molecular formula is C17H13ClN4O4S. The molecule has 8 nitrogen and oxygen atoms in total. The minimum atomic E-state index is -0.575. The number of hydrogen-bond donors (Lipinski definition) is 4. The Balaban J connectivity index is 1.78. The van der Waals surface area contributed by atoms with Crippen LogP contribution >= 0.6 is 23.8 Å². The summed E-state index contributed by atoms with van der Waals surface area (Å²) in [7, 11) is 1.40. The van der Waals surface area contributed by atoms with Crippen molar-refractivity contribution in [1.82, 2.24) is 20.8 Å². The van der Waals surface area contributed by atoms with E-state index in [0.717, 1.165) is 0 Å². The number of hydrogen-bond acceptors (Lipinski definition) is 5. The molecule has 0 radical (unpaired) electrons. The summed E-state index contributed by atoms with van der Waals surface area (Å²) in [6, 6.07) is 8.90. The number of ether oxygens (including phenoxy) is 1. The molecule has 2 aromatic carbocycles. The lowest BCUT2D eigenvalue weighted by Crippen LogP contribution is -2.41. The van der Waals surface area contributed by atoms with Gasteiger partial charge in [-0.2, -0.15) is 0 Å². The third kappa shape index (κ3) is 3.99. The summed E-state index contributed by atoms with van der Waals surface area (Å²) in [4.78, 5) is 41.6. The summed E-state index contributed by atoms with van der Waals surface area (Å²) in [5, 5.41) is 0.769. The van der Waals surface area contributed by atoms with Crippen molar-refractivity contribution < 1.29 is 14.3 Å². The number of H-pyrrole nitrogens is 2. The smallest absolute Gasteiger partial charge is 0.273 e. The zero-order valence-corrected chi connectivity index (χ0v) is 15.5. The highest BCUT2D eigenvalue weighted by Gasteiger charge is 2.14. The molecule has 4 N–H and O–H groups in total. The molecule has 0 aliphatic heterocycles. The molecule has 0 fully saturated rings. The molecule has 3 aromatic rings. The van der Waals surface area contributed by atoms with Gasteiger partial charge in [-0.15, -0.1) is 0 Å². The lowest BCUT2D eigenvalue weighted by Gasteiger charge is -2.11. The molecule has 2 amide bonds. The quantitative estimate of drug-likeness (QED) is 0.395. The normalized spacial score (nSPS) is 10.4. The standard InChI is InChI=1S/C17H13ClN4O4S/c1-26-13-7-9(18)3-5-11(13)16(25)22-21-14(23)8-2-4-10-12(6-8)19-17(27)20-15(10)24/h2-7H,1H3,(H,21,23)(H,22,25)(H2,19,20,24,27). The van der Waals surface area contributed by atoms with Gasteiger partial charge in [0, 0.05) is 10.6 Å². The Hall–Kier alpha value is -3.17. The molecule has 0 aliphatic rings. The summed E-state index contributed by atoms with van der Waals surface area (Å²) in [6.45, 7) is 0. The maximum Gasteiger partial charge on any atom is 0.273 e.